The minimum Gasteiger partial charge on any atom is -0.496 e. The van der Waals surface area contributed by atoms with Gasteiger partial charge in [-0.2, -0.15) is 0 Å². The van der Waals surface area contributed by atoms with Gasteiger partial charge in [-0.15, -0.1) is 5.10 Å². The van der Waals surface area contributed by atoms with Crippen LogP contribution in [0, 0.1) is 6.92 Å². The standard InChI is InChI=1S/C12H16N4O/c1-8-6-10(4-5-12(8)17-3)16-7-11(9(2)13)14-15-16/h4-7,9H,13H2,1-3H3. The maximum atomic E-state index is 5.74. The Balaban J connectivity index is 2.36. The van der Waals surface area contributed by atoms with Crippen molar-refractivity contribution in [2.75, 3.05) is 7.11 Å². The molecule has 1 aromatic carbocycles. The third kappa shape index (κ3) is 2.29. The first-order valence-electron chi connectivity index (χ1n) is 5.44. The molecule has 5 heteroatoms. The van der Waals surface area contributed by atoms with Crippen LogP contribution >= 0.6 is 0 Å². The van der Waals surface area contributed by atoms with E-state index in [-0.39, 0.29) is 6.04 Å². The zero-order valence-corrected chi connectivity index (χ0v) is 10.2. The minimum atomic E-state index is -0.108. The number of benzene rings is 1. The van der Waals surface area contributed by atoms with Gasteiger partial charge in [-0.05, 0) is 37.6 Å². The topological polar surface area (TPSA) is 66.0 Å². The van der Waals surface area contributed by atoms with Crippen LogP contribution in [0.2, 0.25) is 0 Å². The van der Waals surface area contributed by atoms with E-state index >= 15 is 0 Å². The van der Waals surface area contributed by atoms with Crippen LogP contribution in [0.1, 0.15) is 24.2 Å². The Morgan fingerprint density at radius 2 is 2.18 bits per heavy atom. The van der Waals surface area contributed by atoms with Gasteiger partial charge in [0.1, 0.15) is 5.75 Å². The molecule has 17 heavy (non-hydrogen) atoms. The van der Waals surface area contributed by atoms with Gasteiger partial charge in [0.25, 0.3) is 0 Å². The average Bonchev–Trinajstić information content (AvgIpc) is 2.78. The molecule has 1 aromatic heterocycles. The van der Waals surface area contributed by atoms with Gasteiger partial charge in [-0.25, -0.2) is 4.68 Å². The molecule has 2 rings (SSSR count). The zero-order chi connectivity index (χ0) is 12.4. The van der Waals surface area contributed by atoms with E-state index in [0.29, 0.717) is 0 Å². The van der Waals surface area contributed by atoms with Gasteiger partial charge in [0.15, 0.2) is 0 Å². The van der Waals surface area contributed by atoms with Gasteiger partial charge in [0, 0.05) is 6.04 Å². The van der Waals surface area contributed by atoms with Gasteiger partial charge in [-0.1, -0.05) is 5.21 Å². The van der Waals surface area contributed by atoms with Gasteiger partial charge < -0.3 is 10.5 Å². The Kier molecular flexibility index (Phi) is 3.10. The summed E-state index contributed by atoms with van der Waals surface area (Å²) < 4.78 is 6.93. The first-order valence-corrected chi connectivity index (χ1v) is 5.44. The van der Waals surface area contributed by atoms with Crippen molar-refractivity contribution >= 4 is 0 Å². The lowest BCUT2D eigenvalue weighted by Crippen LogP contribution is -2.04. The molecule has 0 radical (unpaired) electrons. The number of hydrogen-bond acceptors (Lipinski definition) is 4. The van der Waals surface area contributed by atoms with E-state index in [1.807, 2.05) is 38.2 Å². The molecule has 1 heterocycles. The van der Waals surface area contributed by atoms with E-state index < -0.39 is 0 Å². The Labute approximate surface area is 100 Å². The molecule has 1 atom stereocenters. The molecule has 0 fully saturated rings. The largest absolute Gasteiger partial charge is 0.496 e. The van der Waals surface area contributed by atoms with Crippen molar-refractivity contribution in [1.82, 2.24) is 15.0 Å². The third-order valence-electron chi connectivity index (χ3n) is 2.62. The van der Waals surface area contributed by atoms with Crippen LogP contribution in [0.15, 0.2) is 24.4 Å². The summed E-state index contributed by atoms with van der Waals surface area (Å²) in [5.41, 5.74) is 8.53. The molecule has 2 N–H and O–H groups in total. The Morgan fingerprint density at radius 1 is 1.41 bits per heavy atom. The van der Waals surface area contributed by atoms with Crippen LogP contribution in [0.3, 0.4) is 0 Å². The summed E-state index contributed by atoms with van der Waals surface area (Å²) >= 11 is 0. The fraction of sp³-hybridized carbons (Fsp3) is 0.333. The third-order valence-corrected chi connectivity index (χ3v) is 2.62. The van der Waals surface area contributed by atoms with Crippen molar-refractivity contribution in [1.29, 1.82) is 0 Å². The van der Waals surface area contributed by atoms with Gasteiger partial charge in [0.2, 0.25) is 0 Å². The van der Waals surface area contributed by atoms with Crippen LogP contribution < -0.4 is 10.5 Å². The number of aryl methyl sites for hydroxylation is 1. The monoisotopic (exact) mass is 232 g/mol. The zero-order valence-electron chi connectivity index (χ0n) is 10.2. The molecule has 0 amide bonds. The van der Waals surface area contributed by atoms with E-state index in [1.54, 1.807) is 11.8 Å². The number of methoxy groups -OCH3 is 1. The molecule has 0 aliphatic rings. The second-order valence-electron chi connectivity index (χ2n) is 4.03. The molecule has 0 aliphatic heterocycles. The first-order chi connectivity index (χ1) is 8.11. The summed E-state index contributed by atoms with van der Waals surface area (Å²) in [5.74, 6) is 0.862. The summed E-state index contributed by atoms with van der Waals surface area (Å²) in [6, 6.07) is 5.74. The normalized spacial score (nSPS) is 12.5. The van der Waals surface area contributed by atoms with Crippen LogP contribution in [0.25, 0.3) is 5.69 Å². The smallest absolute Gasteiger partial charge is 0.121 e. The molecule has 90 valence electrons. The van der Waals surface area contributed by atoms with E-state index in [0.717, 1.165) is 22.7 Å². The average molecular weight is 232 g/mol. The Bertz CT molecular complexity index is 519. The number of rotatable bonds is 3. The van der Waals surface area contributed by atoms with Gasteiger partial charge in [0.05, 0.1) is 24.7 Å². The number of nitrogens with two attached hydrogens (primary N) is 1. The fourth-order valence-corrected chi connectivity index (χ4v) is 1.62. The summed E-state index contributed by atoms with van der Waals surface area (Å²) in [4.78, 5) is 0. The molecular formula is C12H16N4O. The molecule has 0 aliphatic carbocycles. The molecular weight excluding hydrogens is 216 g/mol. The second-order valence-corrected chi connectivity index (χ2v) is 4.03. The lowest BCUT2D eigenvalue weighted by atomic mass is 10.2. The summed E-state index contributed by atoms with van der Waals surface area (Å²) in [5, 5.41) is 8.07. The lowest BCUT2D eigenvalue weighted by Gasteiger charge is -2.06. The van der Waals surface area contributed by atoms with Crippen molar-refractivity contribution in [3.63, 3.8) is 0 Å². The highest BCUT2D eigenvalue weighted by molar-refractivity contribution is 5.43. The minimum absolute atomic E-state index is 0.108. The molecule has 0 saturated heterocycles. The highest BCUT2D eigenvalue weighted by Crippen LogP contribution is 2.20. The molecule has 2 aromatic rings. The van der Waals surface area contributed by atoms with Crippen LogP contribution in [-0.4, -0.2) is 22.1 Å². The quantitative estimate of drug-likeness (QED) is 0.873. The number of nitrogens with zero attached hydrogens (tertiary/aromatic N) is 3. The van der Waals surface area contributed by atoms with Crippen LogP contribution in [-0.2, 0) is 0 Å². The van der Waals surface area contributed by atoms with Crippen molar-refractivity contribution in [3.05, 3.63) is 35.7 Å². The molecule has 0 bridgehead atoms. The molecule has 5 nitrogen and oxygen atoms in total. The molecule has 1 unspecified atom stereocenters. The first kappa shape index (κ1) is 11.6. The predicted octanol–water partition coefficient (Wildman–Crippen LogP) is 1.60. The second kappa shape index (κ2) is 4.55. The predicted molar refractivity (Wildman–Crippen MR) is 65.3 cm³/mol. The fourth-order valence-electron chi connectivity index (χ4n) is 1.62. The SMILES string of the molecule is COc1ccc(-n2cc(C(C)N)nn2)cc1C. The number of hydrogen-bond donors (Lipinski definition) is 1. The molecule has 0 saturated carbocycles. The van der Waals surface area contributed by atoms with Crippen molar-refractivity contribution in [2.45, 2.75) is 19.9 Å². The number of aromatic nitrogens is 3. The van der Waals surface area contributed by atoms with E-state index in [4.69, 9.17) is 10.5 Å². The molecule has 0 spiro atoms. The summed E-state index contributed by atoms with van der Waals surface area (Å²) in [6.45, 7) is 3.87. The van der Waals surface area contributed by atoms with Crippen LogP contribution in [0.5, 0.6) is 5.75 Å². The maximum absolute atomic E-state index is 5.74. The lowest BCUT2D eigenvalue weighted by molar-refractivity contribution is 0.411. The van der Waals surface area contributed by atoms with Gasteiger partial charge >= 0.3 is 0 Å². The Hall–Kier alpha value is -1.88. The highest BCUT2D eigenvalue weighted by Gasteiger charge is 2.07. The van der Waals surface area contributed by atoms with Crippen molar-refractivity contribution < 1.29 is 4.74 Å². The van der Waals surface area contributed by atoms with E-state index in [9.17, 15) is 0 Å². The van der Waals surface area contributed by atoms with Crippen molar-refractivity contribution in [2.24, 2.45) is 5.73 Å². The van der Waals surface area contributed by atoms with E-state index in [2.05, 4.69) is 10.3 Å². The van der Waals surface area contributed by atoms with Crippen molar-refractivity contribution in [3.8, 4) is 11.4 Å². The summed E-state index contributed by atoms with van der Waals surface area (Å²) in [7, 11) is 1.66. The van der Waals surface area contributed by atoms with Crippen LogP contribution in [0.4, 0.5) is 0 Å². The summed E-state index contributed by atoms with van der Waals surface area (Å²) in [6.07, 6.45) is 1.84. The maximum Gasteiger partial charge on any atom is 0.121 e. The number of ether oxygens (including phenoxy) is 1. The van der Waals surface area contributed by atoms with Gasteiger partial charge in [-0.3, -0.25) is 0 Å². The highest BCUT2D eigenvalue weighted by atomic mass is 16.5. The Morgan fingerprint density at radius 3 is 2.71 bits per heavy atom. The van der Waals surface area contributed by atoms with E-state index in [1.165, 1.54) is 0 Å².